The number of thiophene rings is 1. The zero-order valence-corrected chi connectivity index (χ0v) is 13.3. The van der Waals surface area contributed by atoms with Gasteiger partial charge in [0.05, 0.1) is 0 Å². The minimum Gasteiger partial charge on any atom is -0.477 e. The molecule has 1 atom stereocenters. The summed E-state index contributed by atoms with van der Waals surface area (Å²) in [5.41, 5.74) is 0.909. The number of rotatable bonds is 7. The average molecular weight is 309 g/mol. The number of aromatic carboxylic acids is 1. The molecule has 0 aliphatic heterocycles. The van der Waals surface area contributed by atoms with Crippen molar-refractivity contribution in [3.05, 3.63) is 34.7 Å². The highest BCUT2D eigenvalue weighted by Gasteiger charge is 2.17. The third-order valence-electron chi connectivity index (χ3n) is 3.09. The molecule has 2 N–H and O–H groups in total. The van der Waals surface area contributed by atoms with Gasteiger partial charge in [0.25, 0.3) is 0 Å². The number of thioether (sulfide) groups is 1. The summed E-state index contributed by atoms with van der Waals surface area (Å²) < 4.78 is 1.04. The van der Waals surface area contributed by atoms with Crippen molar-refractivity contribution in [1.29, 1.82) is 0 Å². The normalized spacial score (nSPS) is 12.7. The van der Waals surface area contributed by atoms with Crippen LogP contribution in [0.3, 0.4) is 0 Å². The molecule has 0 spiro atoms. The molecule has 20 heavy (non-hydrogen) atoms. The number of carboxylic acids is 1. The third kappa shape index (κ3) is 3.53. The molecule has 0 radical (unpaired) electrons. The molecule has 2 rings (SSSR count). The molecule has 2 aromatic rings. The first-order valence-corrected chi connectivity index (χ1v) is 8.65. The van der Waals surface area contributed by atoms with Crippen LogP contribution in [0.4, 0.5) is 0 Å². The molecule has 0 aliphatic carbocycles. The smallest absolute Gasteiger partial charge is 0.346 e. The number of fused-ring (bicyclic) bond motifs is 1. The molecule has 0 fully saturated rings. The van der Waals surface area contributed by atoms with Gasteiger partial charge in [-0.2, -0.15) is 11.8 Å². The minimum absolute atomic E-state index is 0.375. The molecule has 5 heteroatoms. The summed E-state index contributed by atoms with van der Waals surface area (Å²) in [6.45, 7) is 4.89. The summed E-state index contributed by atoms with van der Waals surface area (Å²) in [4.78, 5) is 11.8. The second-order valence-electron chi connectivity index (χ2n) is 4.65. The fourth-order valence-electron chi connectivity index (χ4n) is 2.08. The van der Waals surface area contributed by atoms with E-state index >= 15 is 0 Å². The zero-order valence-electron chi connectivity index (χ0n) is 11.7. The molecule has 1 heterocycles. The Bertz CT molecular complexity index is 595. The Morgan fingerprint density at radius 3 is 2.90 bits per heavy atom. The van der Waals surface area contributed by atoms with Crippen LogP contribution in [0, 0.1) is 0 Å². The van der Waals surface area contributed by atoms with Gasteiger partial charge in [0.2, 0.25) is 0 Å². The molecule has 0 saturated heterocycles. The van der Waals surface area contributed by atoms with Gasteiger partial charge in [0, 0.05) is 23.0 Å². The minimum atomic E-state index is -0.835. The molecular formula is C15H19NO2S2. The van der Waals surface area contributed by atoms with Crippen LogP contribution in [0.5, 0.6) is 0 Å². The average Bonchev–Trinajstić information content (AvgIpc) is 2.82. The quantitative estimate of drug-likeness (QED) is 0.816. The van der Waals surface area contributed by atoms with E-state index in [2.05, 4.69) is 19.2 Å². The standard InChI is InChI=1S/C15H19NO2S2/c1-3-19-9-10(2)16-8-12-11-6-4-5-7-13(11)20-14(12)15(17)18/h4-7,10,16H,3,8-9H2,1-2H3,(H,17,18). The van der Waals surface area contributed by atoms with Gasteiger partial charge >= 0.3 is 5.97 Å². The maximum Gasteiger partial charge on any atom is 0.346 e. The van der Waals surface area contributed by atoms with E-state index < -0.39 is 5.97 Å². The fourth-order valence-corrected chi connectivity index (χ4v) is 3.84. The van der Waals surface area contributed by atoms with Crippen molar-refractivity contribution in [2.24, 2.45) is 0 Å². The molecule has 0 saturated carbocycles. The molecule has 108 valence electrons. The van der Waals surface area contributed by atoms with Crippen molar-refractivity contribution in [2.45, 2.75) is 26.4 Å². The number of hydrogen-bond donors (Lipinski definition) is 2. The van der Waals surface area contributed by atoms with E-state index in [0.717, 1.165) is 27.2 Å². The van der Waals surface area contributed by atoms with Crippen LogP contribution in [0.25, 0.3) is 10.1 Å². The Balaban J connectivity index is 2.19. The van der Waals surface area contributed by atoms with Gasteiger partial charge in [-0.3, -0.25) is 0 Å². The summed E-state index contributed by atoms with van der Waals surface area (Å²) >= 11 is 3.25. The van der Waals surface area contributed by atoms with Gasteiger partial charge in [0.1, 0.15) is 4.88 Å². The second kappa shape index (κ2) is 7.11. The van der Waals surface area contributed by atoms with Gasteiger partial charge in [-0.15, -0.1) is 11.3 Å². The maximum atomic E-state index is 11.4. The first-order chi connectivity index (χ1) is 9.63. The lowest BCUT2D eigenvalue weighted by atomic mass is 10.1. The Morgan fingerprint density at radius 2 is 2.20 bits per heavy atom. The van der Waals surface area contributed by atoms with E-state index in [9.17, 15) is 9.90 Å². The van der Waals surface area contributed by atoms with E-state index in [4.69, 9.17) is 0 Å². The van der Waals surface area contributed by atoms with Crippen molar-refractivity contribution in [2.75, 3.05) is 11.5 Å². The van der Waals surface area contributed by atoms with Crippen LogP contribution < -0.4 is 5.32 Å². The largest absolute Gasteiger partial charge is 0.477 e. The van der Waals surface area contributed by atoms with Crippen molar-refractivity contribution >= 4 is 39.2 Å². The lowest BCUT2D eigenvalue weighted by Gasteiger charge is -2.13. The van der Waals surface area contributed by atoms with Crippen molar-refractivity contribution in [1.82, 2.24) is 5.32 Å². The van der Waals surface area contributed by atoms with Gasteiger partial charge in [-0.25, -0.2) is 4.79 Å². The summed E-state index contributed by atoms with van der Waals surface area (Å²) in [7, 11) is 0. The number of carbonyl (C=O) groups is 1. The van der Waals surface area contributed by atoms with Gasteiger partial charge in [0.15, 0.2) is 0 Å². The lowest BCUT2D eigenvalue weighted by molar-refractivity contribution is 0.0701. The third-order valence-corrected chi connectivity index (χ3v) is 5.44. The van der Waals surface area contributed by atoms with Crippen LogP contribution >= 0.6 is 23.1 Å². The van der Waals surface area contributed by atoms with Crippen LogP contribution in [0.2, 0.25) is 0 Å². The van der Waals surface area contributed by atoms with Crippen molar-refractivity contribution < 1.29 is 9.90 Å². The number of carboxylic acid groups (broad SMARTS) is 1. The molecule has 1 aromatic heterocycles. The molecule has 0 amide bonds. The molecule has 0 aliphatic rings. The second-order valence-corrected chi connectivity index (χ2v) is 7.02. The highest BCUT2D eigenvalue weighted by molar-refractivity contribution is 7.99. The summed E-state index contributed by atoms with van der Waals surface area (Å²) in [6.07, 6.45) is 0. The molecule has 1 unspecified atom stereocenters. The fraction of sp³-hybridized carbons (Fsp3) is 0.400. The van der Waals surface area contributed by atoms with Crippen LogP contribution in [-0.2, 0) is 6.54 Å². The van der Waals surface area contributed by atoms with Gasteiger partial charge in [-0.1, -0.05) is 25.1 Å². The Labute approximate surface area is 127 Å². The van der Waals surface area contributed by atoms with Crippen molar-refractivity contribution in [3.8, 4) is 0 Å². The van der Waals surface area contributed by atoms with E-state index in [0.29, 0.717) is 17.5 Å². The van der Waals surface area contributed by atoms with Gasteiger partial charge in [-0.05, 0) is 29.7 Å². The van der Waals surface area contributed by atoms with Crippen molar-refractivity contribution in [3.63, 3.8) is 0 Å². The summed E-state index contributed by atoms with van der Waals surface area (Å²) in [5.74, 6) is 1.31. The van der Waals surface area contributed by atoms with E-state index in [1.54, 1.807) is 0 Å². The molecular weight excluding hydrogens is 290 g/mol. The first kappa shape index (κ1) is 15.4. The first-order valence-electron chi connectivity index (χ1n) is 6.68. The number of nitrogens with one attached hydrogen (secondary N) is 1. The lowest BCUT2D eigenvalue weighted by Crippen LogP contribution is -2.28. The summed E-state index contributed by atoms with van der Waals surface area (Å²) in [6, 6.07) is 8.26. The predicted octanol–water partition coefficient (Wildman–Crippen LogP) is 3.83. The van der Waals surface area contributed by atoms with Crippen LogP contribution in [0.15, 0.2) is 24.3 Å². The Kier molecular flexibility index (Phi) is 5.46. The number of hydrogen-bond acceptors (Lipinski definition) is 4. The molecule has 1 aromatic carbocycles. The SMILES string of the molecule is CCSCC(C)NCc1c(C(=O)O)sc2ccccc12. The zero-order chi connectivity index (χ0) is 14.5. The Morgan fingerprint density at radius 1 is 1.45 bits per heavy atom. The maximum absolute atomic E-state index is 11.4. The topological polar surface area (TPSA) is 49.3 Å². The van der Waals surface area contributed by atoms with E-state index in [1.807, 2.05) is 36.0 Å². The predicted molar refractivity (Wildman–Crippen MR) is 88.1 cm³/mol. The molecule has 3 nitrogen and oxygen atoms in total. The van der Waals surface area contributed by atoms with E-state index in [-0.39, 0.29) is 0 Å². The summed E-state index contributed by atoms with van der Waals surface area (Å²) in [5, 5.41) is 13.8. The highest BCUT2D eigenvalue weighted by atomic mass is 32.2. The molecule has 0 bridgehead atoms. The van der Waals surface area contributed by atoms with E-state index in [1.165, 1.54) is 11.3 Å². The van der Waals surface area contributed by atoms with Crippen LogP contribution in [-0.4, -0.2) is 28.6 Å². The van der Waals surface area contributed by atoms with Gasteiger partial charge < -0.3 is 10.4 Å². The number of benzene rings is 1. The van der Waals surface area contributed by atoms with Crippen LogP contribution in [0.1, 0.15) is 29.1 Å². The monoisotopic (exact) mass is 309 g/mol. The Hall–Kier alpha value is -1.04. The highest BCUT2D eigenvalue weighted by Crippen LogP contribution is 2.31.